The lowest BCUT2D eigenvalue weighted by molar-refractivity contribution is 0.602. The second kappa shape index (κ2) is 3.64. The van der Waals surface area contributed by atoms with Gasteiger partial charge < -0.3 is 0 Å². The molecule has 0 aromatic carbocycles. The first-order chi connectivity index (χ1) is 3.98. The topological polar surface area (TPSA) is 34.1 Å². The third-order valence-corrected chi connectivity index (χ3v) is 3.51. The lowest BCUT2D eigenvalue weighted by atomic mass is 10.4. The van der Waals surface area contributed by atoms with Crippen LogP contribution in [-0.4, -0.2) is 13.1 Å². The van der Waals surface area contributed by atoms with Crippen LogP contribution in [0.2, 0.25) is 0 Å². The van der Waals surface area contributed by atoms with Crippen molar-refractivity contribution in [2.75, 3.05) is 0 Å². The summed E-state index contributed by atoms with van der Waals surface area (Å²) in [7, 11) is 1.38. The summed E-state index contributed by atoms with van der Waals surface area (Å²) in [6.07, 6.45) is 1.13. The predicted octanol–water partition coefficient (Wildman–Crippen LogP) is 1.92. The van der Waals surface area contributed by atoms with Crippen molar-refractivity contribution in [2.24, 2.45) is 0 Å². The molecule has 0 N–H and O–H groups in total. The maximum Gasteiger partial charge on any atom is 0.249 e. The van der Waals surface area contributed by atoms with E-state index in [9.17, 15) is 8.42 Å². The van der Waals surface area contributed by atoms with Crippen molar-refractivity contribution in [2.45, 2.75) is 24.5 Å². The van der Waals surface area contributed by atoms with E-state index in [2.05, 4.69) is 0 Å². The van der Waals surface area contributed by atoms with Gasteiger partial charge in [0.1, 0.15) is 4.71 Å². The number of halogens is 2. The zero-order valence-electron chi connectivity index (χ0n) is 4.97. The van der Waals surface area contributed by atoms with E-state index >= 15 is 0 Å². The SMILES string of the molecule is CCCC(Cl)S(=O)(=O)Cl. The van der Waals surface area contributed by atoms with Crippen molar-refractivity contribution in [3.05, 3.63) is 0 Å². The highest BCUT2D eigenvalue weighted by Crippen LogP contribution is 2.16. The summed E-state index contributed by atoms with van der Waals surface area (Å²) in [5, 5.41) is 0. The third-order valence-electron chi connectivity index (χ3n) is 0.821. The summed E-state index contributed by atoms with van der Waals surface area (Å²) in [4.78, 5) is 0. The fourth-order valence-corrected chi connectivity index (χ4v) is 1.37. The van der Waals surface area contributed by atoms with Crippen LogP contribution in [0.15, 0.2) is 0 Å². The summed E-state index contributed by atoms with van der Waals surface area (Å²) in [5.41, 5.74) is 0. The molecule has 1 unspecified atom stereocenters. The van der Waals surface area contributed by atoms with Crippen LogP contribution in [0.3, 0.4) is 0 Å². The van der Waals surface area contributed by atoms with Crippen LogP contribution in [0.25, 0.3) is 0 Å². The molecule has 56 valence electrons. The van der Waals surface area contributed by atoms with Gasteiger partial charge in [-0.3, -0.25) is 0 Å². The molecule has 2 nitrogen and oxygen atoms in total. The van der Waals surface area contributed by atoms with Crippen LogP contribution in [0, 0.1) is 0 Å². The number of hydrogen-bond acceptors (Lipinski definition) is 2. The van der Waals surface area contributed by atoms with Crippen LogP contribution >= 0.6 is 22.3 Å². The minimum atomic E-state index is -3.53. The Morgan fingerprint density at radius 2 is 2.00 bits per heavy atom. The molecule has 0 aromatic rings. The van der Waals surface area contributed by atoms with Gasteiger partial charge in [-0.25, -0.2) is 8.42 Å². The quantitative estimate of drug-likeness (QED) is 0.504. The van der Waals surface area contributed by atoms with Gasteiger partial charge >= 0.3 is 0 Å². The fraction of sp³-hybridized carbons (Fsp3) is 1.00. The molecular formula is C4H8Cl2O2S. The van der Waals surface area contributed by atoms with Crippen molar-refractivity contribution < 1.29 is 8.42 Å². The van der Waals surface area contributed by atoms with Gasteiger partial charge in [-0.05, 0) is 6.42 Å². The van der Waals surface area contributed by atoms with E-state index < -0.39 is 13.8 Å². The van der Waals surface area contributed by atoms with Gasteiger partial charge in [0.05, 0.1) is 0 Å². The molecule has 0 heterocycles. The number of alkyl halides is 1. The van der Waals surface area contributed by atoms with Crippen LogP contribution < -0.4 is 0 Å². The highest BCUT2D eigenvalue weighted by molar-refractivity contribution is 8.15. The van der Waals surface area contributed by atoms with Gasteiger partial charge in [-0.2, -0.15) is 0 Å². The van der Waals surface area contributed by atoms with Crippen LogP contribution in [-0.2, 0) is 9.05 Å². The molecule has 0 aromatic heterocycles. The Morgan fingerprint density at radius 3 is 2.11 bits per heavy atom. The smallest absolute Gasteiger partial charge is 0.211 e. The molecule has 5 heteroatoms. The molecule has 1 atom stereocenters. The van der Waals surface area contributed by atoms with E-state index in [-0.39, 0.29) is 0 Å². The predicted molar refractivity (Wildman–Crippen MR) is 39.3 cm³/mol. The molecule has 0 radical (unpaired) electrons. The summed E-state index contributed by atoms with van der Waals surface area (Å²) in [6, 6.07) is 0. The van der Waals surface area contributed by atoms with Gasteiger partial charge in [-0.15, -0.1) is 11.6 Å². The zero-order valence-corrected chi connectivity index (χ0v) is 7.30. The molecule has 0 aliphatic heterocycles. The average Bonchev–Trinajstić information content (AvgIpc) is 1.64. The lowest BCUT2D eigenvalue weighted by Gasteiger charge is -2.00. The van der Waals surface area contributed by atoms with Crippen LogP contribution in [0.1, 0.15) is 19.8 Å². The Bertz CT molecular complexity index is 163. The van der Waals surface area contributed by atoms with Crippen molar-refractivity contribution in [3.63, 3.8) is 0 Å². The first kappa shape index (κ1) is 9.53. The molecule has 0 fully saturated rings. The average molecular weight is 191 g/mol. The van der Waals surface area contributed by atoms with Crippen LogP contribution in [0.5, 0.6) is 0 Å². The molecule has 0 saturated heterocycles. The van der Waals surface area contributed by atoms with Gasteiger partial charge in [0.15, 0.2) is 0 Å². The first-order valence-electron chi connectivity index (χ1n) is 2.56. The first-order valence-corrected chi connectivity index (χ1v) is 5.37. The fourth-order valence-electron chi connectivity index (χ4n) is 0.368. The Balaban J connectivity index is 3.90. The highest BCUT2D eigenvalue weighted by atomic mass is 35.7. The molecule has 0 spiro atoms. The zero-order chi connectivity index (χ0) is 7.49. The Hall–Kier alpha value is 0.530. The molecule has 0 bridgehead atoms. The van der Waals surface area contributed by atoms with Crippen molar-refractivity contribution in [3.8, 4) is 0 Å². The summed E-state index contributed by atoms with van der Waals surface area (Å²) < 4.78 is 19.8. The van der Waals surface area contributed by atoms with Gasteiger partial charge in [0.25, 0.3) is 0 Å². The molecular weight excluding hydrogens is 183 g/mol. The third kappa shape index (κ3) is 4.00. The van der Waals surface area contributed by atoms with Crippen molar-refractivity contribution >= 4 is 31.3 Å². The van der Waals surface area contributed by atoms with Gasteiger partial charge in [-0.1, -0.05) is 13.3 Å². The van der Waals surface area contributed by atoms with E-state index in [1.807, 2.05) is 6.92 Å². The largest absolute Gasteiger partial charge is 0.249 e. The Labute approximate surface area is 64.6 Å². The monoisotopic (exact) mass is 190 g/mol. The standard InChI is InChI=1S/C4H8Cl2O2S/c1-2-3-4(5)9(6,7)8/h4H,2-3H2,1H3. The molecule has 0 rings (SSSR count). The second-order valence-electron chi connectivity index (χ2n) is 1.67. The minimum absolute atomic E-state index is 0.410. The summed E-state index contributed by atoms with van der Waals surface area (Å²) in [5.74, 6) is 0. The van der Waals surface area contributed by atoms with E-state index in [0.29, 0.717) is 6.42 Å². The van der Waals surface area contributed by atoms with Crippen molar-refractivity contribution in [1.82, 2.24) is 0 Å². The summed E-state index contributed by atoms with van der Waals surface area (Å²) >= 11 is 5.34. The van der Waals surface area contributed by atoms with Gasteiger partial charge in [0.2, 0.25) is 9.05 Å². The lowest BCUT2D eigenvalue weighted by Crippen LogP contribution is -2.07. The van der Waals surface area contributed by atoms with Gasteiger partial charge in [0, 0.05) is 10.7 Å². The molecule has 0 amide bonds. The molecule has 9 heavy (non-hydrogen) atoms. The van der Waals surface area contributed by atoms with E-state index in [1.54, 1.807) is 0 Å². The maximum absolute atomic E-state index is 10.4. The van der Waals surface area contributed by atoms with Crippen molar-refractivity contribution in [1.29, 1.82) is 0 Å². The number of hydrogen-bond donors (Lipinski definition) is 0. The van der Waals surface area contributed by atoms with E-state index in [0.717, 1.165) is 6.42 Å². The summed E-state index contributed by atoms with van der Waals surface area (Å²) in [6.45, 7) is 1.84. The van der Waals surface area contributed by atoms with E-state index in [4.69, 9.17) is 22.3 Å². The van der Waals surface area contributed by atoms with E-state index in [1.165, 1.54) is 0 Å². The Morgan fingerprint density at radius 1 is 1.56 bits per heavy atom. The highest BCUT2D eigenvalue weighted by Gasteiger charge is 2.17. The normalized spacial score (nSPS) is 15.4. The number of rotatable bonds is 3. The Kier molecular flexibility index (Phi) is 3.85. The second-order valence-corrected chi connectivity index (χ2v) is 5.27. The molecule has 0 aliphatic rings. The molecule has 0 saturated carbocycles. The maximum atomic E-state index is 10.4. The molecule has 0 aliphatic carbocycles. The van der Waals surface area contributed by atoms with Crippen LogP contribution in [0.4, 0.5) is 0 Å². The minimum Gasteiger partial charge on any atom is -0.211 e.